The SMILES string of the molecule is CC(=O)N1C(=O)[C@H](c2ccc(O)cc2)N(C(C)=O)C1=O. The number of benzene rings is 1. The number of amides is 5. The summed E-state index contributed by atoms with van der Waals surface area (Å²) >= 11 is 0. The molecule has 1 aliphatic rings. The molecule has 0 radical (unpaired) electrons. The maximum Gasteiger partial charge on any atom is 0.341 e. The van der Waals surface area contributed by atoms with Crippen LogP contribution in [0.1, 0.15) is 25.5 Å². The minimum absolute atomic E-state index is 0.0108. The maximum atomic E-state index is 12.2. The van der Waals surface area contributed by atoms with Crippen molar-refractivity contribution in [2.75, 3.05) is 0 Å². The zero-order chi connectivity index (χ0) is 15.0. The number of carbonyl (C=O) groups excluding carboxylic acids is 4. The van der Waals surface area contributed by atoms with Crippen LogP contribution in [0.3, 0.4) is 0 Å². The lowest BCUT2D eigenvalue weighted by Crippen LogP contribution is -2.38. The first-order chi connectivity index (χ1) is 9.34. The quantitative estimate of drug-likeness (QED) is 0.765. The number of urea groups is 1. The third-order valence-electron chi connectivity index (χ3n) is 2.97. The zero-order valence-electron chi connectivity index (χ0n) is 10.9. The van der Waals surface area contributed by atoms with Crippen molar-refractivity contribution >= 4 is 23.8 Å². The Balaban J connectivity index is 2.51. The van der Waals surface area contributed by atoms with Crippen molar-refractivity contribution in [3.05, 3.63) is 29.8 Å². The molecule has 1 N–H and O–H groups in total. The van der Waals surface area contributed by atoms with Crippen molar-refractivity contribution in [2.45, 2.75) is 19.9 Å². The third-order valence-corrected chi connectivity index (χ3v) is 2.97. The van der Waals surface area contributed by atoms with Gasteiger partial charge in [0.05, 0.1) is 0 Å². The predicted octanol–water partition coefficient (Wildman–Crippen LogP) is 0.790. The molecule has 104 valence electrons. The Morgan fingerprint density at radius 1 is 1.05 bits per heavy atom. The molecule has 1 aliphatic heterocycles. The highest BCUT2D eigenvalue weighted by atomic mass is 16.3. The van der Waals surface area contributed by atoms with Gasteiger partial charge in [0, 0.05) is 13.8 Å². The van der Waals surface area contributed by atoms with Gasteiger partial charge in [-0.05, 0) is 17.7 Å². The molecule has 7 heteroatoms. The maximum absolute atomic E-state index is 12.2. The molecule has 0 unspecified atom stereocenters. The molecule has 1 aromatic rings. The molecular formula is C13H12N2O5. The van der Waals surface area contributed by atoms with E-state index in [1.54, 1.807) is 0 Å². The van der Waals surface area contributed by atoms with E-state index in [-0.39, 0.29) is 5.75 Å². The number of rotatable bonds is 1. The van der Waals surface area contributed by atoms with E-state index >= 15 is 0 Å². The van der Waals surface area contributed by atoms with Crippen molar-refractivity contribution in [3.63, 3.8) is 0 Å². The summed E-state index contributed by atoms with van der Waals surface area (Å²) in [5.74, 6) is -2.16. The number of phenolic OH excluding ortho intramolecular Hbond substituents is 1. The highest BCUT2D eigenvalue weighted by Crippen LogP contribution is 2.31. The molecule has 0 spiro atoms. The Labute approximate surface area is 114 Å². The summed E-state index contributed by atoms with van der Waals surface area (Å²) in [6.07, 6.45) is 0. The monoisotopic (exact) mass is 276 g/mol. The Kier molecular flexibility index (Phi) is 3.27. The van der Waals surface area contributed by atoms with E-state index in [1.807, 2.05) is 0 Å². The Morgan fingerprint density at radius 2 is 1.60 bits per heavy atom. The average molecular weight is 276 g/mol. The van der Waals surface area contributed by atoms with Crippen molar-refractivity contribution in [2.24, 2.45) is 0 Å². The standard InChI is InChI=1S/C13H12N2O5/c1-7(16)14-11(9-3-5-10(18)6-4-9)12(19)15(8(2)17)13(14)20/h3-6,11,18H,1-2H3/t11-/m0/s1. The van der Waals surface area contributed by atoms with Crippen molar-refractivity contribution in [1.82, 2.24) is 9.80 Å². The van der Waals surface area contributed by atoms with Gasteiger partial charge in [-0.25, -0.2) is 9.69 Å². The van der Waals surface area contributed by atoms with Gasteiger partial charge in [0.15, 0.2) is 0 Å². The second kappa shape index (κ2) is 4.76. The van der Waals surface area contributed by atoms with Crippen LogP contribution in [0.2, 0.25) is 0 Å². The van der Waals surface area contributed by atoms with Crippen molar-refractivity contribution < 1.29 is 24.3 Å². The molecule has 20 heavy (non-hydrogen) atoms. The van der Waals surface area contributed by atoms with E-state index in [2.05, 4.69) is 0 Å². The highest BCUT2D eigenvalue weighted by Gasteiger charge is 2.49. The number of phenols is 1. The largest absolute Gasteiger partial charge is 0.508 e. The first-order valence-electron chi connectivity index (χ1n) is 5.82. The Morgan fingerprint density at radius 3 is 2.05 bits per heavy atom. The summed E-state index contributed by atoms with van der Waals surface area (Å²) in [6, 6.07) is 3.39. The molecule has 1 heterocycles. The fourth-order valence-corrected chi connectivity index (χ4v) is 2.10. The van der Waals surface area contributed by atoms with Crippen LogP contribution in [0.5, 0.6) is 5.75 Å². The highest BCUT2D eigenvalue weighted by molar-refractivity contribution is 6.20. The molecule has 0 aliphatic carbocycles. The lowest BCUT2D eigenvalue weighted by atomic mass is 10.1. The van der Waals surface area contributed by atoms with Crippen LogP contribution in [0.15, 0.2) is 24.3 Å². The van der Waals surface area contributed by atoms with E-state index in [1.165, 1.54) is 24.3 Å². The van der Waals surface area contributed by atoms with Crippen LogP contribution in [0.4, 0.5) is 4.79 Å². The first-order valence-corrected chi connectivity index (χ1v) is 5.82. The van der Waals surface area contributed by atoms with Crippen LogP contribution in [-0.4, -0.2) is 38.7 Å². The number of hydrogen-bond acceptors (Lipinski definition) is 5. The topological polar surface area (TPSA) is 95.0 Å². The Bertz CT molecular complexity index is 608. The zero-order valence-corrected chi connectivity index (χ0v) is 10.9. The van der Waals surface area contributed by atoms with Gasteiger partial charge >= 0.3 is 6.03 Å². The molecular weight excluding hydrogens is 264 g/mol. The van der Waals surface area contributed by atoms with E-state index in [0.717, 1.165) is 18.7 Å². The minimum Gasteiger partial charge on any atom is -0.508 e. The summed E-state index contributed by atoms with van der Waals surface area (Å²) in [7, 11) is 0. The average Bonchev–Trinajstić information content (AvgIpc) is 2.62. The van der Waals surface area contributed by atoms with Gasteiger partial charge < -0.3 is 5.11 Å². The van der Waals surface area contributed by atoms with Gasteiger partial charge in [0.1, 0.15) is 11.8 Å². The lowest BCUT2D eigenvalue weighted by molar-refractivity contribution is -0.139. The van der Waals surface area contributed by atoms with Gasteiger partial charge in [-0.3, -0.25) is 14.4 Å². The molecule has 1 fully saturated rings. The molecule has 5 amide bonds. The summed E-state index contributed by atoms with van der Waals surface area (Å²) in [4.78, 5) is 48.3. The van der Waals surface area contributed by atoms with Gasteiger partial charge in [-0.2, -0.15) is 4.90 Å². The van der Waals surface area contributed by atoms with Gasteiger partial charge in [0.2, 0.25) is 11.8 Å². The van der Waals surface area contributed by atoms with E-state index in [4.69, 9.17) is 0 Å². The fourth-order valence-electron chi connectivity index (χ4n) is 2.10. The molecule has 1 aromatic carbocycles. The molecule has 1 atom stereocenters. The van der Waals surface area contributed by atoms with Crippen LogP contribution in [0.25, 0.3) is 0 Å². The normalized spacial score (nSPS) is 18.6. The molecule has 0 saturated carbocycles. The van der Waals surface area contributed by atoms with Gasteiger partial charge in [-0.15, -0.1) is 0 Å². The predicted molar refractivity (Wildman–Crippen MR) is 66.3 cm³/mol. The van der Waals surface area contributed by atoms with Gasteiger partial charge in [0.25, 0.3) is 5.91 Å². The fraction of sp³-hybridized carbons (Fsp3) is 0.231. The summed E-state index contributed by atoms with van der Waals surface area (Å²) in [6.45, 7) is 2.22. The minimum atomic E-state index is -1.18. The smallest absolute Gasteiger partial charge is 0.341 e. The summed E-state index contributed by atoms with van der Waals surface area (Å²) < 4.78 is 0. The molecule has 0 bridgehead atoms. The summed E-state index contributed by atoms with van der Waals surface area (Å²) in [5, 5.41) is 9.24. The molecule has 1 saturated heterocycles. The molecule has 7 nitrogen and oxygen atoms in total. The van der Waals surface area contributed by atoms with E-state index < -0.39 is 29.8 Å². The number of nitrogens with zero attached hydrogens (tertiary/aromatic N) is 2. The summed E-state index contributed by atoms with van der Waals surface area (Å²) in [5.41, 5.74) is 0.347. The van der Waals surface area contributed by atoms with Crippen molar-refractivity contribution in [3.8, 4) is 5.75 Å². The van der Waals surface area contributed by atoms with Crippen LogP contribution < -0.4 is 0 Å². The van der Waals surface area contributed by atoms with Crippen LogP contribution in [-0.2, 0) is 14.4 Å². The van der Waals surface area contributed by atoms with Gasteiger partial charge in [-0.1, -0.05) is 12.1 Å². The first kappa shape index (κ1) is 13.7. The second-order valence-electron chi connectivity index (χ2n) is 4.36. The van der Waals surface area contributed by atoms with Crippen LogP contribution in [0, 0.1) is 0 Å². The van der Waals surface area contributed by atoms with E-state index in [0.29, 0.717) is 10.5 Å². The number of hydrogen-bond donors (Lipinski definition) is 1. The number of imide groups is 4. The second-order valence-corrected chi connectivity index (χ2v) is 4.36. The molecule has 0 aromatic heterocycles. The number of carbonyl (C=O) groups is 4. The van der Waals surface area contributed by atoms with Crippen molar-refractivity contribution in [1.29, 1.82) is 0 Å². The third kappa shape index (κ3) is 2.03. The number of aromatic hydroxyl groups is 1. The van der Waals surface area contributed by atoms with Crippen LogP contribution >= 0.6 is 0 Å². The Hall–Kier alpha value is -2.70. The van der Waals surface area contributed by atoms with E-state index in [9.17, 15) is 24.3 Å². The molecule has 2 rings (SSSR count). The lowest BCUT2D eigenvalue weighted by Gasteiger charge is -2.18.